The fraction of sp³-hybridized carbons (Fsp3) is 0.667. The van der Waals surface area contributed by atoms with Crippen molar-refractivity contribution >= 4 is 0 Å². The number of nitrogens with two attached hydrogens (primary N) is 1. The lowest BCUT2D eigenvalue weighted by molar-refractivity contribution is 0.368. The first-order valence-electron chi connectivity index (χ1n) is 4.76. The van der Waals surface area contributed by atoms with Crippen molar-refractivity contribution in [3.63, 3.8) is 0 Å². The Morgan fingerprint density at radius 2 is 2.62 bits per heavy atom. The van der Waals surface area contributed by atoms with Gasteiger partial charge in [0.25, 0.3) is 0 Å². The summed E-state index contributed by atoms with van der Waals surface area (Å²) < 4.78 is 5.15. The van der Waals surface area contributed by atoms with Gasteiger partial charge in [0.15, 0.2) is 0 Å². The highest BCUT2D eigenvalue weighted by Gasteiger charge is 2.18. The predicted molar refractivity (Wildman–Crippen MR) is 49.1 cm³/mol. The standard InChI is InChI=1S/C9H15N3O/c10-5-7-6-12-13-9(7)4-8-2-1-3-11-8/h6,8,11H,1-5,10H2. The molecule has 1 atom stereocenters. The zero-order valence-electron chi connectivity index (χ0n) is 7.62. The molecule has 0 spiro atoms. The monoisotopic (exact) mass is 181 g/mol. The topological polar surface area (TPSA) is 64.1 Å². The Morgan fingerprint density at radius 1 is 1.69 bits per heavy atom. The summed E-state index contributed by atoms with van der Waals surface area (Å²) in [7, 11) is 0. The van der Waals surface area contributed by atoms with Gasteiger partial charge in [0, 0.05) is 24.6 Å². The van der Waals surface area contributed by atoms with E-state index in [1.54, 1.807) is 6.20 Å². The highest BCUT2D eigenvalue weighted by molar-refractivity contribution is 5.14. The Hall–Kier alpha value is -0.870. The van der Waals surface area contributed by atoms with Gasteiger partial charge in [0.1, 0.15) is 5.76 Å². The minimum atomic E-state index is 0.519. The summed E-state index contributed by atoms with van der Waals surface area (Å²) in [5, 5.41) is 7.17. The molecule has 0 saturated carbocycles. The summed E-state index contributed by atoms with van der Waals surface area (Å²) in [5.74, 6) is 0.946. The minimum Gasteiger partial charge on any atom is -0.361 e. The molecule has 1 aromatic rings. The smallest absolute Gasteiger partial charge is 0.142 e. The Balaban J connectivity index is 1.99. The van der Waals surface area contributed by atoms with E-state index in [0.717, 1.165) is 24.3 Å². The maximum atomic E-state index is 5.55. The van der Waals surface area contributed by atoms with Crippen LogP contribution in [0.25, 0.3) is 0 Å². The van der Waals surface area contributed by atoms with Gasteiger partial charge in [-0.1, -0.05) is 5.16 Å². The van der Waals surface area contributed by atoms with E-state index in [1.807, 2.05) is 0 Å². The van der Waals surface area contributed by atoms with E-state index in [9.17, 15) is 0 Å². The maximum absolute atomic E-state index is 5.55. The molecule has 4 heteroatoms. The first-order chi connectivity index (χ1) is 6.40. The van der Waals surface area contributed by atoms with Crippen molar-refractivity contribution in [3.8, 4) is 0 Å². The molecule has 13 heavy (non-hydrogen) atoms. The number of nitrogens with zero attached hydrogens (tertiary/aromatic N) is 1. The van der Waals surface area contributed by atoms with Crippen molar-refractivity contribution in [2.24, 2.45) is 5.73 Å². The molecular weight excluding hydrogens is 166 g/mol. The van der Waals surface area contributed by atoms with Crippen molar-refractivity contribution in [2.75, 3.05) is 6.54 Å². The zero-order valence-corrected chi connectivity index (χ0v) is 7.62. The average molecular weight is 181 g/mol. The van der Waals surface area contributed by atoms with E-state index in [-0.39, 0.29) is 0 Å². The molecule has 1 aliphatic heterocycles. The van der Waals surface area contributed by atoms with Crippen LogP contribution in [0.1, 0.15) is 24.2 Å². The van der Waals surface area contributed by atoms with Crippen molar-refractivity contribution in [2.45, 2.75) is 31.8 Å². The summed E-state index contributed by atoms with van der Waals surface area (Å²) in [5.41, 5.74) is 6.58. The fourth-order valence-corrected chi connectivity index (χ4v) is 1.77. The lowest BCUT2D eigenvalue weighted by Crippen LogP contribution is -2.24. The second-order valence-electron chi connectivity index (χ2n) is 3.48. The molecule has 1 unspecified atom stereocenters. The van der Waals surface area contributed by atoms with Crippen LogP contribution in [0.5, 0.6) is 0 Å². The van der Waals surface area contributed by atoms with E-state index in [1.165, 1.54) is 12.8 Å². The number of rotatable bonds is 3. The van der Waals surface area contributed by atoms with Crippen LogP contribution in [0.4, 0.5) is 0 Å². The highest BCUT2D eigenvalue weighted by atomic mass is 16.5. The van der Waals surface area contributed by atoms with Crippen molar-refractivity contribution < 1.29 is 4.52 Å². The molecule has 0 aliphatic carbocycles. The van der Waals surface area contributed by atoms with Gasteiger partial charge >= 0.3 is 0 Å². The highest BCUT2D eigenvalue weighted by Crippen LogP contribution is 2.14. The number of nitrogens with one attached hydrogen (secondary N) is 1. The van der Waals surface area contributed by atoms with Crippen molar-refractivity contribution in [1.82, 2.24) is 10.5 Å². The summed E-state index contributed by atoms with van der Waals surface area (Å²) in [6, 6.07) is 0.554. The van der Waals surface area contributed by atoms with Crippen LogP contribution in [-0.4, -0.2) is 17.7 Å². The van der Waals surface area contributed by atoms with E-state index in [0.29, 0.717) is 12.6 Å². The minimum absolute atomic E-state index is 0.519. The van der Waals surface area contributed by atoms with E-state index < -0.39 is 0 Å². The molecule has 0 amide bonds. The summed E-state index contributed by atoms with van der Waals surface area (Å²) >= 11 is 0. The predicted octanol–water partition coefficient (Wildman–Crippen LogP) is 0.428. The van der Waals surface area contributed by atoms with Crippen LogP contribution in [0.2, 0.25) is 0 Å². The molecule has 1 aliphatic rings. The van der Waals surface area contributed by atoms with Gasteiger partial charge in [0.05, 0.1) is 6.20 Å². The third-order valence-corrected chi connectivity index (χ3v) is 2.54. The third-order valence-electron chi connectivity index (χ3n) is 2.54. The largest absolute Gasteiger partial charge is 0.361 e. The average Bonchev–Trinajstić information content (AvgIpc) is 2.76. The summed E-state index contributed by atoms with van der Waals surface area (Å²) in [6.07, 6.45) is 5.12. The molecule has 2 rings (SSSR count). The molecular formula is C9H15N3O. The van der Waals surface area contributed by atoms with E-state index in [2.05, 4.69) is 10.5 Å². The molecule has 4 nitrogen and oxygen atoms in total. The van der Waals surface area contributed by atoms with Crippen LogP contribution in [0, 0.1) is 0 Å². The van der Waals surface area contributed by atoms with Gasteiger partial charge < -0.3 is 15.6 Å². The number of hydrogen-bond acceptors (Lipinski definition) is 4. The van der Waals surface area contributed by atoms with Gasteiger partial charge in [-0.15, -0.1) is 0 Å². The molecule has 0 aromatic carbocycles. The molecule has 1 fully saturated rings. The molecule has 1 aromatic heterocycles. The lowest BCUT2D eigenvalue weighted by Gasteiger charge is -2.07. The third kappa shape index (κ3) is 1.89. The van der Waals surface area contributed by atoms with Crippen LogP contribution >= 0.6 is 0 Å². The Labute approximate surface area is 77.5 Å². The molecule has 3 N–H and O–H groups in total. The van der Waals surface area contributed by atoms with Gasteiger partial charge in [-0.3, -0.25) is 0 Å². The Morgan fingerprint density at radius 3 is 3.31 bits per heavy atom. The fourth-order valence-electron chi connectivity index (χ4n) is 1.77. The maximum Gasteiger partial charge on any atom is 0.142 e. The van der Waals surface area contributed by atoms with Crippen molar-refractivity contribution in [3.05, 3.63) is 17.5 Å². The SMILES string of the molecule is NCc1cnoc1CC1CCCN1. The normalized spacial score (nSPS) is 22.4. The first-order valence-corrected chi connectivity index (χ1v) is 4.76. The molecule has 1 saturated heterocycles. The van der Waals surface area contributed by atoms with Gasteiger partial charge in [0.2, 0.25) is 0 Å². The van der Waals surface area contributed by atoms with Crippen LogP contribution < -0.4 is 11.1 Å². The molecule has 0 radical (unpaired) electrons. The first kappa shape index (κ1) is 8.72. The quantitative estimate of drug-likeness (QED) is 0.709. The van der Waals surface area contributed by atoms with Crippen LogP contribution in [-0.2, 0) is 13.0 Å². The van der Waals surface area contributed by atoms with Gasteiger partial charge in [-0.2, -0.15) is 0 Å². The van der Waals surface area contributed by atoms with Gasteiger partial charge in [-0.25, -0.2) is 0 Å². The Kier molecular flexibility index (Phi) is 2.61. The zero-order chi connectivity index (χ0) is 9.10. The van der Waals surface area contributed by atoms with E-state index >= 15 is 0 Å². The number of aromatic nitrogens is 1. The second-order valence-corrected chi connectivity index (χ2v) is 3.48. The van der Waals surface area contributed by atoms with Crippen molar-refractivity contribution in [1.29, 1.82) is 0 Å². The van der Waals surface area contributed by atoms with E-state index in [4.69, 9.17) is 10.3 Å². The Bertz CT molecular complexity index is 266. The molecule has 2 heterocycles. The van der Waals surface area contributed by atoms with Crippen LogP contribution in [0.15, 0.2) is 10.7 Å². The van der Waals surface area contributed by atoms with Crippen LogP contribution in [0.3, 0.4) is 0 Å². The lowest BCUT2D eigenvalue weighted by atomic mass is 10.1. The van der Waals surface area contributed by atoms with Gasteiger partial charge in [-0.05, 0) is 19.4 Å². The molecule has 0 bridgehead atoms. The summed E-state index contributed by atoms with van der Waals surface area (Å²) in [4.78, 5) is 0. The summed E-state index contributed by atoms with van der Waals surface area (Å²) in [6.45, 7) is 1.64. The molecule has 72 valence electrons. The number of hydrogen-bond donors (Lipinski definition) is 2. The second kappa shape index (κ2) is 3.89.